The van der Waals surface area contributed by atoms with E-state index in [1.165, 1.54) is 11.3 Å². The standard InChI is InChI=1S/C15H19NO4S/c1-18-9-11-14(8-17)21-15(16-11)7-10-4-5-12(19-2)13(6-10)20-3/h4-6,17H,7-9H2,1-3H3. The molecule has 5 nitrogen and oxygen atoms in total. The van der Waals surface area contributed by atoms with Crippen LogP contribution in [-0.4, -0.2) is 31.4 Å². The van der Waals surface area contributed by atoms with Crippen LogP contribution in [0.3, 0.4) is 0 Å². The van der Waals surface area contributed by atoms with Gasteiger partial charge in [-0.15, -0.1) is 11.3 Å². The number of hydrogen-bond donors (Lipinski definition) is 1. The van der Waals surface area contributed by atoms with Crippen molar-refractivity contribution in [2.75, 3.05) is 21.3 Å². The third-order valence-electron chi connectivity index (χ3n) is 3.05. The van der Waals surface area contributed by atoms with Crippen LogP contribution in [-0.2, 0) is 24.4 Å². The second-order valence-corrected chi connectivity index (χ2v) is 5.60. The summed E-state index contributed by atoms with van der Waals surface area (Å²) in [5.41, 5.74) is 1.88. The van der Waals surface area contributed by atoms with Gasteiger partial charge in [-0.05, 0) is 17.7 Å². The van der Waals surface area contributed by atoms with Gasteiger partial charge in [-0.3, -0.25) is 0 Å². The van der Waals surface area contributed by atoms with Crippen molar-refractivity contribution >= 4 is 11.3 Å². The topological polar surface area (TPSA) is 60.8 Å². The molecule has 1 aromatic heterocycles. The highest BCUT2D eigenvalue weighted by molar-refractivity contribution is 7.11. The predicted octanol–water partition coefficient (Wildman–Crippen LogP) is 2.39. The largest absolute Gasteiger partial charge is 0.493 e. The molecule has 0 unspecified atom stereocenters. The molecule has 0 aliphatic rings. The molecule has 21 heavy (non-hydrogen) atoms. The first kappa shape index (κ1) is 15.8. The van der Waals surface area contributed by atoms with Crippen molar-refractivity contribution in [1.29, 1.82) is 0 Å². The third kappa shape index (κ3) is 3.72. The molecule has 0 aliphatic carbocycles. The molecule has 0 fully saturated rings. The van der Waals surface area contributed by atoms with Crippen molar-refractivity contribution in [2.45, 2.75) is 19.6 Å². The van der Waals surface area contributed by atoms with Gasteiger partial charge in [-0.1, -0.05) is 6.07 Å². The van der Waals surface area contributed by atoms with Crippen molar-refractivity contribution in [3.8, 4) is 11.5 Å². The van der Waals surface area contributed by atoms with Gasteiger partial charge in [-0.25, -0.2) is 4.98 Å². The Morgan fingerprint density at radius 1 is 1.14 bits per heavy atom. The Labute approximate surface area is 128 Å². The van der Waals surface area contributed by atoms with Gasteiger partial charge in [0.25, 0.3) is 0 Å². The van der Waals surface area contributed by atoms with Gasteiger partial charge in [-0.2, -0.15) is 0 Å². The zero-order chi connectivity index (χ0) is 15.2. The number of ether oxygens (including phenoxy) is 3. The van der Waals surface area contributed by atoms with E-state index in [0.717, 1.165) is 21.1 Å². The number of methoxy groups -OCH3 is 3. The zero-order valence-corrected chi connectivity index (χ0v) is 13.2. The minimum atomic E-state index is -0.0116. The SMILES string of the molecule is COCc1nc(Cc2ccc(OC)c(OC)c2)sc1CO. The van der Waals surface area contributed by atoms with Gasteiger partial charge in [0.15, 0.2) is 11.5 Å². The summed E-state index contributed by atoms with van der Waals surface area (Å²) in [7, 11) is 4.85. The van der Waals surface area contributed by atoms with Gasteiger partial charge in [0, 0.05) is 13.5 Å². The van der Waals surface area contributed by atoms with Crippen molar-refractivity contribution in [3.05, 3.63) is 39.3 Å². The van der Waals surface area contributed by atoms with Gasteiger partial charge >= 0.3 is 0 Å². The zero-order valence-electron chi connectivity index (χ0n) is 12.4. The summed E-state index contributed by atoms with van der Waals surface area (Å²) in [6.45, 7) is 0.403. The van der Waals surface area contributed by atoms with Gasteiger partial charge in [0.1, 0.15) is 0 Å². The molecule has 0 amide bonds. The molecule has 114 valence electrons. The Hall–Kier alpha value is -1.63. The molecular weight excluding hydrogens is 290 g/mol. The molecule has 0 atom stereocenters. The highest BCUT2D eigenvalue weighted by Gasteiger charge is 2.12. The Morgan fingerprint density at radius 3 is 2.52 bits per heavy atom. The lowest BCUT2D eigenvalue weighted by Gasteiger charge is -2.08. The molecule has 2 rings (SSSR count). The molecule has 0 aliphatic heterocycles. The number of rotatable bonds is 7. The van der Waals surface area contributed by atoms with E-state index >= 15 is 0 Å². The van der Waals surface area contributed by atoms with Crippen molar-refractivity contribution < 1.29 is 19.3 Å². The predicted molar refractivity (Wildman–Crippen MR) is 81.1 cm³/mol. The lowest BCUT2D eigenvalue weighted by molar-refractivity contribution is 0.178. The Balaban J connectivity index is 2.21. The molecule has 6 heteroatoms. The molecule has 0 radical (unpaired) electrons. The highest BCUT2D eigenvalue weighted by Crippen LogP contribution is 2.29. The summed E-state index contributed by atoms with van der Waals surface area (Å²) in [5.74, 6) is 1.41. The van der Waals surface area contributed by atoms with E-state index in [1.807, 2.05) is 18.2 Å². The quantitative estimate of drug-likeness (QED) is 0.851. The maximum Gasteiger partial charge on any atom is 0.160 e. The van der Waals surface area contributed by atoms with E-state index in [0.29, 0.717) is 24.5 Å². The Bertz CT molecular complexity index is 597. The summed E-state index contributed by atoms with van der Waals surface area (Å²) in [5, 5.41) is 10.3. The van der Waals surface area contributed by atoms with Crippen LogP contribution < -0.4 is 9.47 Å². The van der Waals surface area contributed by atoms with Crippen LogP contribution in [0.15, 0.2) is 18.2 Å². The first-order valence-corrected chi connectivity index (χ1v) is 7.31. The molecule has 0 saturated carbocycles. The van der Waals surface area contributed by atoms with E-state index in [1.54, 1.807) is 21.3 Å². The summed E-state index contributed by atoms with van der Waals surface area (Å²) in [6, 6.07) is 5.80. The molecule has 0 spiro atoms. The molecule has 1 aromatic carbocycles. The number of aliphatic hydroxyl groups is 1. The minimum absolute atomic E-state index is 0.0116. The first-order valence-electron chi connectivity index (χ1n) is 6.50. The normalized spacial score (nSPS) is 10.7. The number of hydrogen-bond acceptors (Lipinski definition) is 6. The number of aliphatic hydroxyl groups excluding tert-OH is 1. The Morgan fingerprint density at radius 2 is 1.90 bits per heavy atom. The van der Waals surface area contributed by atoms with E-state index in [4.69, 9.17) is 14.2 Å². The maximum atomic E-state index is 9.35. The van der Waals surface area contributed by atoms with E-state index in [2.05, 4.69) is 4.98 Å². The first-order chi connectivity index (χ1) is 10.2. The van der Waals surface area contributed by atoms with E-state index < -0.39 is 0 Å². The average molecular weight is 309 g/mol. The van der Waals surface area contributed by atoms with Crippen LogP contribution in [0.2, 0.25) is 0 Å². The fourth-order valence-corrected chi connectivity index (χ4v) is 3.02. The summed E-state index contributed by atoms with van der Waals surface area (Å²) >= 11 is 1.50. The number of aromatic nitrogens is 1. The third-order valence-corrected chi connectivity index (χ3v) is 4.13. The van der Waals surface area contributed by atoms with Crippen molar-refractivity contribution in [2.24, 2.45) is 0 Å². The molecule has 0 bridgehead atoms. The molecule has 0 saturated heterocycles. The molecular formula is C15H19NO4S. The van der Waals surface area contributed by atoms with Crippen LogP contribution in [0.5, 0.6) is 11.5 Å². The fraction of sp³-hybridized carbons (Fsp3) is 0.400. The van der Waals surface area contributed by atoms with Crippen LogP contribution in [0.4, 0.5) is 0 Å². The summed E-state index contributed by atoms with van der Waals surface area (Å²) in [4.78, 5) is 5.38. The van der Waals surface area contributed by atoms with Crippen LogP contribution in [0, 0.1) is 0 Å². The summed E-state index contributed by atoms with van der Waals surface area (Å²) < 4.78 is 15.6. The maximum absolute atomic E-state index is 9.35. The Kier molecular flexibility index (Phi) is 5.55. The second kappa shape index (κ2) is 7.40. The lowest BCUT2D eigenvalue weighted by Crippen LogP contribution is -1.95. The molecule has 1 heterocycles. The molecule has 1 N–H and O–H groups in total. The second-order valence-electron chi connectivity index (χ2n) is 4.43. The van der Waals surface area contributed by atoms with E-state index in [-0.39, 0.29) is 6.61 Å². The minimum Gasteiger partial charge on any atom is -0.493 e. The van der Waals surface area contributed by atoms with Gasteiger partial charge in [0.05, 0.1) is 43.0 Å². The fourth-order valence-electron chi connectivity index (χ4n) is 2.05. The van der Waals surface area contributed by atoms with Crippen LogP contribution >= 0.6 is 11.3 Å². The van der Waals surface area contributed by atoms with E-state index in [9.17, 15) is 5.11 Å². The highest BCUT2D eigenvalue weighted by atomic mass is 32.1. The molecule has 2 aromatic rings. The number of thiazole rings is 1. The monoisotopic (exact) mass is 309 g/mol. The van der Waals surface area contributed by atoms with Gasteiger partial charge in [0.2, 0.25) is 0 Å². The van der Waals surface area contributed by atoms with Crippen LogP contribution in [0.25, 0.3) is 0 Å². The summed E-state index contributed by atoms with van der Waals surface area (Å²) in [6.07, 6.45) is 0.682. The van der Waals surface area contributed by atoms with Crippen molar-refractivity contribution in [3.63, 3.8) is 0 Å². The average Bonchev–Trinajstić information content (AvgIpc) is 2.89. The van der Waals surface area contributed by atoms with Crippen LogP contribution in [0.1, 0.15) is 21.1 Å². The van der Waals surface area contributed by atoms with Crippen molar-refractivity contribution in [1.82, 2.24) is 4.98 Å². The smallest absolute Gasteiger partial charge is 0.160 e. The number of nitrogens with zero attached hydrogens (tertiary/aromatic N) is 1. The number of benzene rings is 1. The lowest BCUT2D eigenvalue weighted by atomic mass is 10.1. The van der Waals surface area contributed by atoms with Gasteiger partial charge < -0.3 is 19.3 Å².